The molecule has 6 N–H and O–H groups in total. The quantitative estimate of drug-likeness (QED) is 0.649. The van der Waals surface area contributed by atoms with Gasteiger partial charge >= 0.3 is 6.18 Å². The number of hydrogen-bond donors (Lipinski definition) is 2. The molecule has 0 aliphatic heterocycles. The second-order valence-corrected chi connectivity index (χ2v) is 4.24. The fourth-order valence-electron chi connectivity index (χ4n) is 1.74. The largest absolute Gasteiger partial charge is 0.630 e. The number of ether oxygens (including phenoxy) is 1. The predicted octanol–water partition coefficient (Wildman–Crippen LogP) is 1.14. The molecule has 0 saturated carbocycles. The molecule has 0 fully saturated rings. The second kappa shape index (κ2) is 7.07. The van der Waals surface area contributed by atoms with Crippen LogP contribution in [0.1, 0.15) is 0 Å². The number of quaternary nitrogens is 1. The molecule has 0 amide bonds. The lowest BCUT2D eigenvalue weighted by atomic mass is 10.0. The van der Waals surface area contributed by atoms with Gasteiger partial charge in [0.2, 0.25) is 0 Å². The molecular formula is C13H14F3N3O3. The predicted molar refractivity (Wildman–Crippen MR) is 74.2 cm³/mol. The highest BCUT2D eigenvalue weighted by Crippen LogP contribution is 2.32. The van der Waals surface area contributed by atoms with Crippen LogP contribution in [0.5, 0.6) is 5.75 Å². The molecule has 2 rings (SSSR count). The van der Waals surface area contributed by atoms with E-state index >= 15 is 0 Å². The maximum atomic E-state index is 12.2. The Balaban J connectivity index is 0.00000242. The van der Waals surface area contributed by atoms with E-state index in [4.69, 9.17) is 10.5 Å². The lowest BCUT2D eigenvalue weighted by molar-refractivity contribution is -0.496. The average Bonchev–Trinajstić information content (AvgIpc) is 2.45. The van der Waals surface area contributed by atoms with Crippen molar-refractivity contribution in [2.24, 2.45) is 0 Å². The molecule has 1 heterocycles. The van der Waals surface area contributed by atoms with E-state index in [1.807, 2.05) is 0 Å². The van der Waals surface area contributed by atoms with Gasteiger partial charge in [-0.15, -0.1) is 0 Å². The smallest absolute Gasteiger partial charge is 0.422 e. The topological polar surface area (TPSA) is 119 Å². The van der Waals surface area contributed by atoms with Crippen LogP contribution < -0.4 is 16.0 Å². The van der Waals surface area contributed by atoms with Crippen LogP contribution in [-0.2, 0) is 0 Å². The summed E-state index contributed by atoms with van der Waals surface area (Å²) in [5.74, 6) is -0.0172. The number of rotatable bonds is 4. The molecule has 0 saturated heterocycles. The highest BCUT2D eigenvalue weighted by Gasteiger charge is 2.29. The van der Waals surface area contributed by atoms with Crippen LogP contribution in [0.3, 0.4) is 0 Å². The molecule has 1 aromatic heterocycles. The van der Waals surface area contributed by atoms with Gasteiger partial charge in [0.1, 0.15) is 5.75 Å². The summed E-state index contributed by atoms with van der Waals surface area (Å²) in [4.78, 5) is 3.75. The van der Waals surface area contributed by atoms with Gasteiger partial charge in [-0.3, -0.25) is 4.98 Å². The number of nitrogens with zero attached hydrogens (tertiary/aromatic N) is 1. The number of pyridine rings is 1. The third-order valence-electron chi connectivity index (χ3n) is 2.70. The summed E-state index contributed by atoms with van der Waals surface area (Å²) in [6.45, 7) is -1.42. The van der Waals surface area contributed by atoms with Gasteiger partial charge in [0, 0.05) is 17.8 Å². The number of alkyl halides is 3. The zero-order valence-electron chi connectivity index (χ0n) is 11.2. The van der Waals surface area contributed by atoms with Crippen LogP contribution in [-0.4, -0.2) is 23.2 Å². The standard InChI is InChI=1S/C13H12F3N3O2.H2O/c14-13(15,16)7-21-12-6-18-4-3-9(12)8-1-2-10(17)11(5-8)19-20;/h1-6H,7,17,19H2;1H2. The minimum atomic E-state index is -4.44. The summed E-state index contributed by atoms with van der Waals surface area (Å²) >= 11 is 0. The lowest BCUT2D eigenvalue weighted by Crippen LogP contribution is -2.70. The normalized spacial score (nSPS) is 10.9. The van der Waals surface area contributed by atoms with E-state index in [1.54, 1.807) is 6.07 Å². The number of anilines is 1. The zero-order chi connectivity index (χ0) is 15.5. The van der Waals surface area contributed by atoms with Gasteiger partial charge in [0.15, 0.2) is 12.3 Å². The van der Waals surface area contributed by atoms with Crippen LogP contribution in [0.25, 0.3) is 11.1 Å². The Morgan fingerprint density at radius 2 is 2.00 bits per heavy atom. The van der Waals surface area contributed by atoms with Crippen molar-refractivity contribution in [3.8, 4) is 16.9 Å². The van der Waals surface area contributed by atoms with Gasteiger partial charge in [-0.25, -0.2) is 0 Å². The van der Waals surface area contributed by atoms with Crippen molar-refractivity contribution in [3.05, 3.63) is 41.9 Å². The maximum Gasteiger partial charge on any atom is 0.422 e. The van der Waals surface area contributed by atoms with Crippen molar-refractivity contribution < 1.29 is 28.9 Å². The Morgan fingerprint density at radius 1 is 1.27 bits per heavy atom. The first kappa shape index (κ1) is 17.7. The van der Waals surface area contributed by atoms with Crippen LogP contribution in [0.2, 0.25) is 0 Å². The Kier molecular flexibility index (Phi) is 5.69. The molecule has 6 nitrogen and oxygen atoms in total. The van der Waals surface area contributed by atoms with Gasteiger partial charge in [-0.2, -0.15) is 13.2 Å². The average molecular weight is 317 g/mol. The maximum absolute atomic E-state index is 12.2. The van der Waals surface area contributed by atoms with E-state index in [-0.39, 0.29) is 16.9 Å². The van der Waals surface area contributed by atoms with E-state index < -0.39 is 12.8 Å². The van der Waals surface area contributed by atoms with E-state index in [9.17, 15) is 18.4 Å². The molecule has 0 radical (unpaired) electrons. The van der Waals surface area contributed by atoms with Crippen LogP contribution in [0.4, 0.5) is 24.5 Å². The Hall–Kier alpha value is -2.36. The van der Waals surface area contributed by atoms with Crippen LogP contribution in [0.15, 0.2) is 36.7 Å². The minimum Gasteiger partial charge on any atom is -0.630 e. The number of hydrogen-bond acceptors (Lipinski definition) is 4. The molecule has 1 aromatic carbocycles. The molecule has 0 bridgehead atoms. The summed E-state index contributed by atoms with van der Waals surface area (Å²) in [6.07, 6.45) is -1.83. The van der Waals surface area contributed by atoms with E-state index in [0.717, 1.165) is 0 Å². The molecule has 0 aliphatic rings. The zero-order valence-corrected chi connectivity index (χ0v) is 11.2. The first-order valence-electron chi connectivity index (χ1n) is 5.89. The van der Waals surface area contributed by atoms with Gasteiger partial charge in [-0.05, 0) is 17.7 Å². The molecule has 0 unspecified atom stereocenters. The SMILES string of the molecule is Nc1ccc(-c2ccncc2OCC(F)(F)F)cc1[NH2+][O-].O. The van der Waals surface area contributed by atoms with Gasteiger partial charge in [0.05, 0.1) is 11.9 Å². The second-order valence-electron chi connectivity index (χ2n) is 4.24. The first-order chi connectivity index (χ1) is 9.90. The monoisotopic (exact) mass is 317 g/mol. The van der Waals surface area contributed by atoms with Crippen molar-refractivity contribution in [3.63, 3.8) is 0 Å². The summed E-state index contributed by atoms with van der Waals surface area (Å²) in [5.41, 5.74) is 7.66. The van der Waals surface area contributed by atoms with Gasteiger partial charge in [0.25, 0.3) is 0 Å². The molecule has 120 valence electrons. The van der Waals surface area contributed by atoms with E-state index in [0.29, 0.717) is 22.3 Å². The van der Waals surface area contributed by atoms with Crippen molar-refractivity contribution in [2.75, 3.05) is 12.3 Å². The minimum absolute atomic E-state index is 0. The number of nitrogen functional groups attached to an aromatic ring is 1. The third kappa shape index (κ3) is 4.32. The van der Waals surface area contributed by atoms with E-state index in [2.05, 4.69) is 4.98 Å². The van der Waals surface area contributed by atoms with Crippen molar-refractivity contribution >= 4 is 11.4 Å². The number of nitrogens with two attached hydrogens (primary N) is 2. The Labute approximate surface area is 123 Å². The summed E-state index contributed by atoms with van der Waals surface area (Å²) < 4.78 is 41.5. The van der Waals surface area contributed by atoms with Gasteiger partial charge in [-0.1, -0.05) is 6.07 Å². The van der Waals surface area contributed by atoms with Crippen molar-refractivity contribution in [2.45, 2.75) is 6.18 Å². The van der Waals surface area contributed by atoms with Gasteiger partial charge < -0.3 is 26.6 Å². The third-order valence-corrected chi connectivity index (χ3v) is 2.70. The molecule has 9 heteroatoms. The Morgan fingerprint density at radius 3 is 2.64 bits per heavy atom. The molecule has 2 aromatic rings. The summed E-state index contributed by atoms with van der Waals surface area (Å²) in [5, 5.41) is 10.9. The van der Waals surface area contributed by atoms with Crippen molar-refractivity contribution in [1.29, 1.82) is 0 Å². The highest BCUT2D eigenvalue weighted by atomic mass is 19.4. The highest BCUT2D eigenvalue weighted by molar-refractivity contribution is 5.75. The Bertz CT molecular complexity index is 635. The molecule has 22 heavy (non-hydrogen) atoms. The molecule has 0 atom stereocenters. The van der Waals surface area contributed by atoms with Crippen LogP contribution >= 0.6 is 0 Å². The fraction of sp³-hybridized carbons (Fsp3) is 0.154. The van der Waals surface area contributed by atoms with Crippen LogP contribution in [0, 0.1) is 5.21 Å². The fourth-order valence-corrected chi connectivity index (χ4v) is 1.74. The summed E-state index contributed by atoms with van der Waals surface area (Å²) in [7, 11) is 0. The molecule has 0 spiro atoms. The van der Waals surface area contributed by atoms with E-state index in [1.165, 1.54) is 30.6 Å². The summed E-state index contributed by atoms with van der Waals surface area (Å²) in [6, 6.07) is 6.09. The first-order valence-corrected chi connectivity index (χ1v) is 5.89. The van der Waals surface area contributed by atoms with Crippen molar-refractivity contribution in [1.82, 2.24) is 4.98 Å². The lowest BCUT2D eigenvalue weighted by Gasteiger charge is -2.13. The number of halogens is 3. The number of aromatic nitrogens is 1. The molecule has 0 aliphatic carbocycles. The number of benzene rings is 1. The molecular weight excluding hydrogens is 303 g/mol.